The lowest BCUT2D eigenvalue weighted by Gasteiger charge is -2.41. The summed E-state index contributed by atoms with van der Waals surface area (Å²) in [6.07, 6.45) is 5.71. The summed E-state index contributed by atoms with van der Waals surface area (Å²) in [5, 5.41) is 0. The van der Waals surface area contributed by atoms with E-state index in [1.807, 2.05) is 0 Å². The Hall–Kier alpha value is -0.370. The van der Waals surface area contributed by atoms with E-state index in [9.17, 15) is 4.79 Å². The lowest BCUT2D eigenvalue weighted by Crippen LogP contribution is -2.39. The molecule has 0 bridgehead atoms. The highest BCUT2D eigenvalue weighted by Crippen LogP contribution is 2.48. The molecule has 2 aliphatic rings. The van der Waals surface area contributed by atoms with E-state index >= 15 is 0 Å². The summed E-state index contributed by atoms with van der Waals surface area (Å²) in [5.74, 6) is 0.536. The van der Waals surface area contributed by atoms with Gasteiger partial charge in [-0.25, -0.2) is 0 Å². The number of carbonyl (C=O) groups excluding carboxylic acids is 1. The van der Waals surface area contributed by atoms with Gasteiger partial charge in [-0.15, -0.1) is 0 Å². The average Bonchev–Trinajstić information content (AvgIpc) is 2.39. The molecule has 2 nitrogen and oxygen atoms in total. The second-order valence-corrected chi connectivity index (χ2v) is 3.77. The summed E-state index contributed by atoms with van der Waals surface area (Å²) < 4.78 is 5.28. The van der Waals surface area contributed by atoms with E-state index in [1.165, 1.54) is 12.7 Å². The number of aldehydes is 1. The Bertz CT molecular complexity index is 155. The van der Waals surface area contributed by atoms with Crippen molar-refractivity contribution in [1.29, 1.82) is 0 Å². The van der Waals surface area contributed by atoms with E-state index in [2.05, 4.69) is 0 Å². The molecule has 62 valence electrons. The Balaban J connectivity index is 2.04. The molecule has 2 rings (SSSR count). The van der Waals surface area contributed by atoms with E-state index in [0.29, 0.717) is 5.92 Å². The summed E-state index contributed by atoms with van der Waals surface area (Å²) in [6.45, 7) is 1.68. The van der Waals surface area contributed by atoms with Crippen LogP contribution in [0.15, 0.2) is 0 Å². The van der Waals surface area contributed by atoms with Crippen LogP contribution in [-0.4, -0.2) is 19.5 Å². The highest BCUT2D eigenvalue weighted by molar-refractivity contribution is 5.61. The zero-order chi connectivity index (χ0) is 7.73. The molecule has 0 aromatic heterocycles. The third-order valence-electron chi connectivity index (χ3n) is 3.26. The van der Waals surface area contributed by atoms with Crippen LogP contribution in [-0.2, 0) is 9.53 Å². The van der Waals surface area contributed by atoms with Crippen molar-refractivity contribution in [2.24, 2.45) is 11.3 Å². The molecule has 0 unspecified atom stereocenters. The molecule has 1 aliphatic heterocycles. The standard InChI is InChI=1S/C9H14O2/c10-7-9(3-1-4-9)8-2-5-11-6-8/h7-8H,1-6H2/t8-/m0/s1. The van der Waals surface area contributed by atoms with E-state index in [0.717, 1.165) is 32.5 Å². The molecule has 0 N–H and O–H groups in total. The zero-order valence-corrected chi connectivity index (χ0v) is 6.71. The number of ether oxygens (including phenoxy) is 1. The minimum Gasteiger partial charge on any atom is -0.381 e. The lowest BCUT2D eigenvalue weighted by atomic mass is 9.62. The topological polar surface area (TPSA) is 26.3 Å². The maximum absolute atomic E-state index is 10.8. The van der Waals surface area contributed by atoms with E-state index in [1.54, 1.807) is 0 Å². The predicted molar refractivity (Wildman–Crippen MR) is 41.3 cm³/mol. The van der Waals surface area contributed by atoms with Crippen molar-refractivity contribution in [1.82, 2.24) is 0 Å². The Kier molecular flexibility index (Phi) is 1.72. The molecule has 1 heterocycles. The summed E-state index contributed by atoms with van der Waals surface area (Å²) in [5.41, 5.74) is 0.0382. The van der Waals surface area contributed by atoms with Gasteiger partial charge in [0.05, 0.1) is 6.61 Å². The molecule has 1 saturated heterocycles. The van der Waals surface area contributed by atoms with Crippen LogP contribution < -0.4 is 0 Å². The Labute approximate surface area is 66.9 Å². The van der Waals surface area contributed by atoms with Crippen LogP contribution >= 0.6 is 0 Å². The van der Waals surface area contributed by atoms with Crippen LogP contribution in [0.5, 0.6) is 0 Å². The first kappa shape index (κ1) is 7.29. The van der Waals surface area contributed by atoms with Crippen LogP contribution in [0.2, 0.25) is 0 Å². The van der Waals surface area contributed by atoms with Gasteiger partial charge in [-0.2, -0.15) is 0 Å². The van der Waals surface area contributed by atoms with Crippen molar-refractivity contribution in [2.75, 3.05) is 13.2 Å². The molecule has 0 amide bonds. The first-order valence-electron chi connectivity index (χ1n) is 4.41. The number of rotatable bonds is 2. The largest absolute Gasteiger partial charge is 0.381 e. The molecule has 2 heteroatoms. The molecule has 1 aliphatic carbocycles. The van der Waals surface area contributed by atoms with Gasteiger partial charge in [-0.3, -0.25) is 0 Å². The van der Waals surface area contributed by atoms with Crippen LogP contribution in [0.1, 0.15) is 25.7 Å². The molecule has 0 aromatic rings. The first-order chi connectivity index (χ1) is 5.37. The SMILES string of the molecule is O=CC1([C@H]2CCOC2)CCC1. The fourth-order valence-corrected chi connectivity index (χ4v) is 2.20. The fraction of sp³-hybridized carbons (Fsp3) is 0.889. The van der Waals surface area contributed by atoms with Crippen molar-refractivity contribution in [3.05, 3.63) is 0 Å². The normalized spacial score (nSPS) is 34.7. The van der Waals surface area contributed by atoms with Crippen LogP contribution in [0, 0.1) is 11.3 Å². The molecule has 2 fully saturated rings. The van der Waals surface area contributed by atoms with Crippen LogP contribution in [0.25, 0.3) is 0 Å². The van der Waals surface area contributed by atoms with Crippen molar-refractivity contribution in [3.63, 3.8) is 0 Å². The molecule has 11 heavy (non-hydrogen) atoms. The Morgan fingerprint density at radius 1 is 1.45 bits per heavy atom. The van der Waals surface area contributed by atoms with E-state index in [-0.39, 0.29) is 5.41 Å². The minimum atomic E-state index is 0.0382. The molecule has 1 saturated carbocycles. The van der Waals surface area contributed by atoms with Gasteiger partial charge < -0.3 is 9.53 Å². The third kappa shape index (κ3) is 1.00. The molecular weight excluding hydrogens is 140 g/mol. The fourth-order valence-electron chi connectivity index (χ4n) is 2.20. The van der Waals surface area contributed by atoms with Gasteiger partial charge in [0.25, 0.3) is 0 Å². The molecular formula is C9H14O2. The Morgan fingerprint density at radius 3 is 2.64 bits per heavy atom. The van der Waals surface area contributed by atoms with Gasteiger partial charge in [-0.05, 0) is 25.2 Å². The molecule has 0 radical (unpaired) electrons. The van der Waals surface area contributed by atoms with Crippen molar-refractivity contribution >= 4 is 6.29 Å². The maximum atomic E-state index is 10.8. The summed E-state index contributed by atoms with van der Waals surface area (Å²) in [4.78, 5) is 10.8. The van der Waals surface area contributed by atoms with Crippen molar-refractivity contribution in [3.8, 4) is 0 Å². The van der Waals surface area contributed by atoms with Gasteiger partial charge in [0.1, 0.15) is 6.29 Å². The highest BCUT2D eigenvalue weighted by atomic mass is 16.5. The van der Waals surface area contributed by atoms with Gasteiger partial charge >= 0.3 is 0 Å². The smallest absolute Gasteiger partial charge is 0.126 e. The molecule has 1 atom stereocenters. The Morgan fingerprint density at radius 2 is 2.27 bits per heavy atom. The van der Waals surface area contributed by atoms with E-state index < -0.39 is 0 Å². The van der Waals surface area contributed by atoms with Gasteiger partial charge in [0.2, 0.25) is 0 Å². The van der Waals surface area contributed by atoms with Gasteiger partial charge in [-0.1, -0.05) is 6.42 Å². The second-order valence-electron chi connectivity index (χ2n) is 3.77. The van der Waals surface area contributed by atoms with Crippen molar-refractivity contribution in [2.45, 2.75) is 25.7 Å². The summed E-state index contributed by atoms with van der Waals surface area (Å²) in [7, 11) is 0. The van der Waals surface area contributed by atoms with E-state index in [4.69, 9.17) is 4.74 Å². The quantitative estimate of drug-likeness (QED) is 0.562. The van der Waals surface area contributed by atoms with Gasteiger partial charge in [0.15, 0.2) is 0 Å². The highest BCUT2D eigenvalue weighted by Gasteiger charge is 2.45. The average molecular weight is 154 g/mol. The molecule has 0 aromatic carbocycles. The lowest BCUT2D eigenvalue weighted by molar-refractivity contribution is -0.124. The second kappa shape index (κ2) is 2.59. The first-order valence-corrected chi connectivity index (χ1v) is 4.41. The minimum absolute atomic E-state index is 0.0382. The summed E-state index contributed by atoms with van der Waals surface area (Å²) >= 11 is 0. The van der Waals surface area contributed by atoms with Gasteiger partial charge in [0, 0.05) is 12.0 Å². The summed E-state index contributed by atoms with van der Waals surface area (Å²) in [6, 6.07) is 0. The molecule has 0 spiro atoms. The van der Waals surface area contributed by atoms with Crippen LogP contribution in [0.3, 0.4) is 0 Å². The van der Waals surface area contributed by atoms with Crippen molar-refractivity contribution < 1.29 is 9.53 Å². The number of hydrogen-bond acceptors (Lipinski definition) is 2. The zero-order valence-electron chi connectivity index (χ0n) is 6.71. The van der Waals surface area contributed by atoms with Crippen LogP contribution in [0.4, 0.5) is 0 Å². The maximum Gasteiger partial charge on any atom is 0.126 e. The number of carbonyl (C=O) groups is 1. The number of hydrogen-bond donors (Lipinski definition) is 0. The monoisotopic (exact) mass is 154 g/mol. The predicted octanol–water partition coefficient (Wildman–Crippen LogP) is 1.39. The third-order valence-corrected chi connectivity index (χ3v) is 3.26.